The van der Waals surface area contributed by atoms with Gasteiger partial charge in [-0.1, -0.05) is 0 Å². The minimum atomic E-state index is -0.641. The molecule has 2 aliphatic rings. The lowest BCUT2D eigenvalue weighted by Crippen LogP contribution is -2.53. The number of carbonyl (C=O) groups is 2. The van der Waals surface area contributed by atoms with Crippen molar-refractivity contribution >= 4 is 23.0 Å². The maximum Gasteiger partial charge on any atom is 0.407 e. The number of hydrogen-bond acceptors (Lipinski definition) is 6. The highest BCUT2D eigenvalue weighted by Crippen LogP contribution is 2.31. The van der Waals surface area contributed by atoms with Gasteiger partial charge in [-0.15, -0.1) is 0 Å². The van der Waals surface area contributed by atoms with E-state index in [1.54, 1.807) is 17.9 Å². The molecule has 1 spiro atoms. The first-order valence-corrected chi connectivity index (χ1v) is 9.70. The number of carbonyl (C=O) groups excluding carboxylic acids is 2. The number of fused-ring (bicyclic) bond motifs is 1. The quantitative estimate of drug-likeness (QED) is 0.793. The average molecular weight is 400 g/mol. The Labute approximate surface area is 167 Å². The van der Waals surface area contributed by atoms with E-state index in [4.69, 9.17) is 13.9 Å². The number of aryl methyl sites for hydroxylation is 2. The van der Waals surface area contributed by atoms with E-state index in [9.17, 15) is 14.4 Å². The third kappa shape index (κ3) is 3.54. The van der Waals surface area contributed by atoms with Crippen LogP contribution in [0, 0.1) is 20.8 Å². The van der Waals surface area contributed by atoms with E-state index in [0.29, 0.717) is 41.9 Å². The van der Waals surface area contributed by atoms with Gasteiger partial charge >= 0.3 is 11.7 Å². The highest BCUT2D eigenvalue weighted by molar-refractivity contribution is 5.88. The van der Waals surface area contributed by atoms with Gasteiger partial charge in [0.1, 0.15) is 16.9 Å². The number of benzene rings is 1. The zero-order valence-electron chi connectivity index (χ0n) is 16.8. The van der Waals surface area contributed by atoms with Gasteiger partial charge in [0.15, 0.2) is 6.61 Å². The first-order chi connectivity index (χ1) is 13.8. The molecule has 0 radical (unpaired) electrons. The summed E-state index contributed by atoms with van der Waals surface area (Å²) in [7, 11) is 0. The molecule has 154 valence electrons. The van der Waals surface area contributed by atoms with Crippen LogP contribution in [0.1, 0.15) is 29.5 Å². The summed E-state index contributed by atoms with van der Waals surface area (Å²) in [6.45, 7) is 6.65. The average Bonchev–Trinajstić information content (AvgIpc) is 3.03. The molecule has 2 aromatic rings. The Hall–Kier alpha value is -3.03. The molecule has 1 aromatic heterocycles. The van der Waals surface area contributed by atoms with Crippen molar-refractivity contribution in [3.63, 3.8) is 0 Å². The molecule has 1 atom stereocenters. The number of piperidine rings is 1. The largest absolute Gasteiger partial charge is 0.483 e. The summed E-state index contributed by atoms with van der Waals surface area (Å²) in [6.07, 6.45) is 1.06. The third-order valence-corrected chi connectivity index (χ3v) is 5.76. The fourth-order valence-corrected chi connectivity index (χ4v) is 4.07. The normalized spacial score (nSPS) is 21.3. The summed E-state index contributed by atoms with van der Waals surface area (Å²) in [6, 6.07) is 3.62. The Morgan fingerprint density at radius 2 is 2.03 bits per heavy atom. The highest BCUT2D eigenvalue weighted by Gasteiger charge is 2.44. The predicted molar refractivity (Wildman–Crippen MR) is 105 cm³/mol. The minimum Gasteiger partial charge on any atom is -0.483 e. The van der Waals surface area contributed by atoms with Crippen molar-refractivity contribution in [1.29, 1.82) is 0 Å². The number of rotatable bonds is 3. The van der Waals surface area contributed by atoms with Gasteiger partial charge in [-0.2, -0.15) is 0 Å². The predicted octanol–water partition coefficient (Wildman–Crippen LogP) is 2.20. The van der Waals surface area contributed by atoms with Crippen molar-refractivity contribution in [3.05, 3.63) is 39.2 Å². The summed E-state index contributed by atoms with van der Waals surface area (Å²) >= 11 is 0. The second kappa shape index (κ2) is 7.09. The van der Waals surface area contributed by atoms with Crippen LogP contribution in [0.3, 0.4) is 0 Å². The van der Waals surface area contributed by atoms with Gasteiger partial charge in [-0.25, -0.2) is 9.59 Å². The lowest BCUT2D eigenvalue weighted by Gasteiger charge is -2.38. The number of hydrogen-bond donors (Lipinski definition) is 1. The van der Waals surface area contributed by atoms with Gasteiger partial charge in [-0.05, 0) is 56.9 Å². The molecule has 1 unspecified atom stereocenters. The van der Waals surface area contributed by atoms with Crippen LogP contribution < -0.4 is 15.7 Å². The number of likely N-dealkylation sites (tertiary alicyclic amines) is 1. The van der Waals surface area contributed by atoms with E-state index in [-0.39, 0.29) is 18.1 Å². The van der Waals surface area contributed by atoms with E-state index >= 15 is 0 Å². The van der Waals surface area contributed by atoms with Crippen LogP contribution in [0.4, 0.5) is 4.79 Å². The zero-order valence-corrected chi connectivity index (χ0v) is 16.8. The molecule has 1 N–H and O–H groups in total. The summed E-state index contributed by atoms with van der Waals surface area (Å²) < 4.78 is 16.7. The van der Waals surface area contributed by atoms with Crippen molar-refractivity contribution in [1.82, 2.24) is 10.2 Å². The lowest BCUT2D eigenvalue weighted by atomic mass is 9.93. The van der Waals surface area contributed by atoms with Crippen LogP contribution in [0.5, 0.6) is 5.75 Å². The maximum atomic E-state index is 12.8. The molecule has 4 rings (SSSR count). The number of nitrogens with one attached hydrogen (secondary N) is 1. The number of amides is 2. The van der Waals surface area contributed by atoms with Gasteiger partial charge in [0.2, 0.25) is 0 Å². The van der Waals surface area contributed by atoms with Crippen LogP contribution in [0.2, 0.25) is 0 Å². The molecule has 3 heterocycles. The van der Waals surface area contributed by atoms with Crippen molar-refractivity contribution in [3.8, 4) is 5.75 Å². The van der Waals surface area contributed by atoms with Crippen LogP contribution in [-0.2, 0) is 9.53 Å². The van der Waals surface area contributed by atoms with Gasteiger partial charge in [0.05, 0.1) is 18.5 Å². The molecule has 2 amide bonds. The first kappa shape index (κ1) is 19.3. The fraction of sp³-hybridized carbons (Fsp3) is 0.476. The van der Waals surface area contributed by atoms with Crippen molar-refractivity contribution in [2.75, 3.05) is 26.2 Å². The smallest absolute Gasteiger partial charge is 0.407 e. The highest BCUT2D eigenvalue weighted by atomic mass is 16.6. The van der Waals surface area contributed by atoms with Gasteiger partial charge in [0, 0.05) is 12.1 Å². The molecular weight excluding hydrogens is 376 g/mol. The Balaban J connectivity index is 1.54. The van der Waals surface area contributed by atoms with Gasteiger partial charge in [0.25, 0.3) is 5.91 Å². The van der Waals surface area contributed by atoms with Crippen molar-refractivity contribution < 1.29 is 23.5 Å². The van der Waals surface area contributed by atoms with Gasteiger partial charge in [-0.3, -0.25) is 4.79 Å². The van der Waals surface area contributed by atoms with E-state index in [1.807, 2.05) is 19.9 Å². The van der Waals surface area contributed by atoms with E-state index < -0.39 is 11.7 Å². The molecule has 0 saturated carbocycles. The van der Waals surface area contributed by atoms with Crippen LogP contribution in [0.25, 0.3) is 11.0 Å². The summed E-state index contributed by atoms with van der Waals surface area (Å²) in [5.74, 6) is 0.340. The molecule has 8 nitrogen and oxygen atoms in total. The molecule has 2 saturated heterocycles. The van der Waals surface area contributed by atoms with Crippen LogP contribution in [0.15, 0.2) is 21.3 Å². The van der Waals surface area contributed by atoms with Crippen molar-refractivity contribution in [2.24, 2.45) is 0 Å². The second-order valence-electron chi connectivity index (χ2n) is 7.91. The molecular formula is C21H24N2O6. The van der Waals surface area contributed by atoms with Crippen LogP contribution >= 0.6 is 0 Å². The minimum absolute atomic E-state index is 0.145. The number of ether oxygens (including phenoxy) is 2. The Morgan fingerprint density at radius 3 is 2.76 bits per heavy atom. The lowest BCUT2D eigenvalue weighted by molar-refractivity contribution is -0.138. The molecule has 0 bridgehead atoms. The summed E-state index contributed by atoms with van der Waals surface area (Å²) in [4.78, 5) is 37.9. The second-order valence-corrected chi connectivity index (χ2v) is 7.91. The molecule has 8 heteroatoms. The molecule has 2 aliphatic heterocycles. The molecule has 1 aromatic carbocycles. The Bertz CT molecular complexity index is 1060. The summed E-state index contributed by atoms with van der Waals surface area (Å²) in [5.41, 5.74) is 1.60. The van der Waals surface area contributed by atoms with E-state index in [0.717, 1.165) is 24.0 Å². The van der Waals surface area contributed by atoms with E-state index in [2.05, 4.69) is 5.32 Å². The van der Waals surface area contributed by atoms with Crippen molar-refractivity contribution in [2.45, 2.75) is 39.2 Å². The molecule has 29 heavy (non-hydrogen) atoms. The monoisotopic (exact) mass is 400 g/mol. The number of nitrogens with zero attached hydrogens (tertiary/aromatic N) is 1. The van der Waals surface area contributed by atoms with Crippen LogP contribution in [-0.4, -0.2) is 48.7 Å². The maximum absolute atomic E-state index is 12.8. The zero-order chi connectivity index (χ0) is 20.8. The molecule has 2 fully saturated rings. The standard InChI is InChI=1S/C21H24N2O6/c1-12-7-15(18-13(2)14(3)19(25)28-16(18)8-12)27-9-17(24)23-6-4-5-21(11-23)10-22-20(26)29-21/h7-8H,4-6,9-11H2,1-3H3,(H,22,26). The van der Waals surface area contributed by atoms with E-state index in [1.165, 1.54) is 0 Å². The third-order valence-electron chi connectivity index (χ3n) is 5.76. The Kier molecular flexibility index (Phi) is 4.72. The summed E-state index contributed by atoms with van der Waals surface area (Å²) in [5, 5.41) is 3.37. The SMILES string of the molecule is Cc1cc(OCC(=O)N2CCCC3(CNC(=O)O3)C2)c2c(C)c(C)c(=O)oc2c1. The first-order valence-electron chi connectivity index (χ1n) is 9.70. The number of alkyl carbamates (subject to hydrolysis) is 1. The topological polar surface area (TPSA) is 98.1 Å². The fourth-order valence-electron chi connectivity index (χ4n) is 4.07. The van der Waals surface area contributed by atoms with Gasteiger partial charge < -0.3 is 24.1 Å². The molecule has 0 aliphatic carbocycles. The Morgan fingerprint density at radius 1 is 1.24 bits per heavy atom.